The summed E-state index contributed by atoms with van der Waals surface area (Å²) in [6.07, 6.45) is 4.83. The van der Waals surface area contributed by atoms with Gasteiger partial charge >= 0.3 is 0 Å². The molecule has 0 radical (unpaired) electrons. The fourth-order valence-corrected chi connectivity index (χ4v) is 2.33. The molecule has 0 saturated heterocycles. The third-order valence-electron chi connectivity index (χ3n) is 3.64. The standard InChI is InChI=1S/C20H25N3O2/c1-24-18-11-10-17(15-19(18)25-2)12-14-23-20(21)22-13-6-9-16-7-4-3-5-8-16/h3-11,15H,12-14H2,1-2H3,(H3,21,22,23). The molecule has 0 aromatic heterocycles. The lowest BCUT2D eigenvalue weighted by molar-refractivity contribution is 0.354. The Morgan fingerprint density at radius 2 is 1.84 bits per heavy atom. The third-order valence-corrected chi connectivity index (χ3v) is 3.64. The molecule has 5 heteroatoms. The predicted molar refractivity (Wildman–Crippen MR) is 103 cm³/mol. The van der Waals surface area contributed by atoms with Gasteiger partial charge in [0, 0.05) is 6.54 Å². The summed E-state index contributed by atoms with van der Waals surface area (Å²) in [4.78, 5) is 4.28. The molecule has 0 amide bonds. The first-order chi connectivity index (χ1) is 12.2. The highest BCUT2D eigenvalue weighted by Crippen LogP contribution is 2.27. The second-order valence-corrected chi connectivity index (χ2v) is 5.41. The van der Waals surface area contributed by atoms with Gasteiger partial charge in [0.2, 0.25) is 0 Å². The molecule has 0 aliphatic heterocycles. The number of benzene rings is 2. The summed E-state index contributed by atoms with van der Waals surface area (Å²) in [5.74, 6) is 1.90. The number of methoxy groups -OCH3 is 2. The van der Waals surface area contributed by atoms with Crippen molar-refractivity contribution >= 4 is 12.0 Å². The lowest BCUT2D eigenvalue weighted by atomic mass is 10.1. The third kappa shape index (κ3) is 6.22. The summed E-state index contributed by atoms with van der Waals surface area (Å²) in [6, 6.07) is 16.0. The zero-order valence-corrected chi connectivity index (χ0v) is 14.7. The van der Waals surface area contributed by atoms with Crippen molar-refractivity contribution in [1.82, 2.24) is 5.32 Å². The van der Waals surface area contributed by atoms with Gasteiger partial charge in [-0.3, -0.25) is 0 Å². The van der Waals surface area contributed by atoms with Crippen LogP contribution in [-0.2, 0) is 6.42 Å². The molecule has 2 rings (SSSR count). The topological polar surface area (TPSA) is 68.9 Å². The minimum atomic E-state index is 0.443. The second-order valence-electron chi connectivity index (χ2n) is 5.41. The Hall–Kier alpha value is -2.95. The molecule has 0 heterocycles. The van der Waals surface area contributed by atoms with Gasteiger partial charge in [0.25, 0.3) is 0 Å². The number of aliphatic imine (C=N–C) groups is 1. The van der Waals surface area contributed by atoms with Crippen molar-refractivity contribution in [1.29, 1.82) is 0 Å². The van der Waals surface area contributed by atoms with Crippen molar-refractivity contribution in [2.24, 2.45) is 10.7 Å². The summed E-state index contributed by atoms with van der Waals surface area (Å²) < 4.78 is 10.5. The van der Waals surface area contributed by atoms with Crippen LogP contribution in [0.15, 0.2) is 59.6 Å². The van der Waals surface area contributed by atoms with Crippen molar-refractivity contribution < 1.29 is 9.47 Å². The largest absolute Gasteiger partial charge is 0.493 e. The molecule has 0 saturated carbocycles. The Morgan fingerprint density at radius 3 is 2.56 bits per heavy atom. The molecule has 0 bridgehead atoms. The SMILES string of the molecule is COc1ccc(CCNC(N)=NCC=Cc2ccccc2)cc1OC. The smallest absolute Gasteiger partial charge is 0.188 e. The van der Waals surface area contributed by atoms with E-state index in [-0.39, 0.29) is 0 Å². The molecule has 25 heavy (non-hydrogen) atoms. The molecule has 0 aliphatic rings. The zero-order valence-electron chi connectivity index (χ0n) is 14.7. The molecule has 0 spiro atoms. The summed E-state index contributed by atoms with van der Waals surface area (Å²) in [5.41, 5.74) is 8.17. The average molecular weight is 339 g/mol. The van der Waals surface area contributed by atoms with Gasteiger partial charge in [-0.2, -0.15) is 0 Å². The van der Waals surface area contributed by atoms with E-state index in [0.29, 0.717) is 19.0 Å². The molecular weight excluding hydrogens is 314 g/mol. The van der Waals surface area contributed by atoms with Gasteiger partial charge in [-0.05, 0) is 29.7 Å². The van der Waals surface area contributed by atoms with Crippen molar-refractivity contribution in [3.63, 3.8) is 0 Å². The fourth-order valence-electron chi connectivity index (χ4n) is 2.33. The summed E-state index contributed by atoms with van der Waals surface area (Å²) in [6.45, 7) is 1.25. The number of nitrogens with zero attached hydrogens (tertiary/aromatic N) is 1. The summed E-state index contributed by atoms with van der Waals surface area (Å²) >= 11 is 0. The molecule has 0 unspecified atom stereocenters. The van der Waals surface area contributed by atoms with Crippen LogP contribution in [-0.4, -0.2) is 33.3 Å². The highest BCUT2D eigenvalue weighted by Gasteiger charge is 2.04. The predicted octanol–water partition coefficient (Wildman–Crippen LogP) is 2.86. The quantitative estimate of drug-likeness (QED) is 0.573. The molecule has 0 fully saturated rings. The highest BCUT2D eigenvalue weighted by molar-refractivity contribution is 5.77. The molecule has 5 nitrogen and oxygen atoms in total. The van der Waals surface area contributed by atoms with E-state index in [1.807, 2.05) is 60.7 Å². The number of ether oxygens (including phenoxy) is 2. The van der Waals surface area contributed by atoms with Gasteiger partial charge in [0.1, 0.15) is 0 Å². The monoisotopic (exact) mass is 339 g/mol. The van der Waals surface area contributed by atoms with Crippen LogP contribution in [0.1, 0.15) is 11.1 Å². The van der Waals surface area contributed by atoms with Crippen molar-refractivity contribution in [3.8, 4) is 11.5 Å². The van der Waals surface area contributed by atoms with E-state index in [1.54, 1.807) is 14.2 Å². The molecule has 0 atom stereocenters. The van der Waals surface area contributed by atoms with Crippen LogP contribution in [0.2, 0.25) is 0 Å². The van der Waals surface area contributed by atoms with Crippen LogP contribution in [0.25, 0.3) is 6.08 Å². The van der Waals surface area contributed by atoms with Crippen molar-refractivity contribution in [2.75, 3.05) is 27.3 Å². The molecule has 132 valence electrons. The van der Waals surface area contributed by atoms with Gasteiger partial charge < -0.3 is 20.5 Å². The number of nitrogens with two attached hydrogens (primary N) is 1. The van der Waals surface area contributed by atoms with Gasteiger partial charge in [-0.1, -0.05) is 48.6 Å². The number of hydrogen-bond acceptors (Lipinski definition) is 3. The van der Waals surface area contributed by atoms with Gasteiger partial charge in [0.15, 0.2) is 17.5 Å². The van der Waals surface area contributed by atoms with E-state index in [1.165, 1.54) is 0 Å². The minimum absolute atomic E-state index is 0.443. The van der Waals surface area contributed by atoms with E-state index < -0.39 is 0 Å². The lowest BCUT2D eigenvalue weighted by Gasteiger charge is -2.10. The summed E-state index contributed by atoms with van der Waals surface area (Å²) in [5, 5.41) is 3.12. The van der Waals surface area contributed by atoms with Crippen LogP contribution < -0.4 is 20.5 Å². The van der Waals surface area contributed by atoms with Crippen molar-refractivity contribution in [3.05, 3.63) is 65.7 Å². The maximum Gasteiger partial charge on any atom is 0.188 e. The van der Waals surface area contributed by atoms with Crippen LogP contribution >= 0.6 is 0 Å². The maximum absolute atomic E-state index is 5.88. The van der Waals surface area contributed by atoms with E-state index in [2.05, 4.69) is 10.3 Å². The molecule has 3 N–H and O–H groups in total. The number of nitrogens with one attached hydrogen (secondary N) is 1. The van der Waals surface area contributed by atoms with Gasteiger partial charge in [-0.15, -0.1) is 0 Å². The van der Waals surface area contributed by atoms with E-state index in [0.717, 1.165) is 29.0 Å². The Bertz CT molecular complexity index is 712. The second kappa shape index (κ2) is 10.0. The first kappa shape index (κ1) is 18.4. The minimum Gasteiger partial charge on any atom is -0.493 e. The average Bonchev–Trinajstić information content (AvgIpc) is 2.66. The maximum atomic E-state index is 5.88. The number of rotatable bonds is 8. The Morgan fingerprint density at radius 1 is 1.08 bits per heavy atom. The molecule has 0 aliphatic carbocycles. The van der Waals surface area contributed by atoms with Crippen LogP contribution in [0.5, 0.6) is 11.5 Å². The van der Waals surface area contributed by atoms with E-state index in [9.17, 15) is 0 Å². The molecule has 2 aromatic carbocycles. The lowest BCUT2D eigenvalue weighted by Crippen LogP contribution is -2.33. The van der Waals surface area contributed by atoms with E-state index >= 15 is 0 Å². The van der Waals surface area contributed by atoms with Crippen molar-refractivity contribution in [2.45, 2.75) is 6.42 Å². The number of hydrogen-bond donors (Lipinski definition) is 2. The first-order valence-corrected chi connectivity index (χ1v) is 8.19. The van der Waals surface area contributed by atoms with Crippen LogP contribution in [0.3, 0.4) is 0 Å². The van der Waals surface area contributed by atoms with Crippen LogP contribution in [0, 0.1) is 0 Å². The van der Waals surface area contributed by atoms with Gasteiger partial charge in [0.05, 0.1) is 20.8 Å². The number of guanidine groups is 1. The Balaban J connectivity index is 1.76. The molecular formula is C20H25N3O2. The normalized spacial score (nSPS) is 11.5. The first-order valence-electron chi connectivity index (χ1n) is 8.19. The zero-order chi connectivity index (χ0) is 17.9. The van der Waals surface area contributed by atoms with Crippen LogP contribution in [0.4, 0.5) is 0 Å². The summed E-state index contributed by atoms with van der Waals surface area (Å²) in [7, 11) is 3.26. The fraction of sp³-hybridized carbons (Fsp3) is 0.250. The highest BCUT2D eigenvalue weighted by atomic mass is 16.5. The Kier molecular flexibility index (Phi) is 7.38. The molecule has 2 aromatic rings. The van der Waals surface area contributed by atoms with Gasteiger partial charge in [-0.25, -0.2) is 4.99 Å². The van der Waals surface area contributed by atoms with E-state index in [4.69, 9.17) is 15.2 Å². The Labute approximate surface area is 149 Å².